The number of nitrogens with zero attached hydrogens (tertiary/aromatic N) is 1. The van der Waals surface area contributed by atoms with Crippen molar-refractivity contribution in [3.05, 3.63) is 108 Å². The van der Waals surface area contributed by atoms with E-state index in [2.05, 4.69) is 0 Å². The van der Waals surface area contributed by atoms with E-state index in [1.807, 2.05) is 19.1 Å². The summed E-state index contributed by atoms with van der Waals surface area (Å²) in [5, 5.41) is 0. The summed E-state index contributed by atoms with van der Waals surface area (Å²) in [7, 11) is -4.05. The highest BCUT2D eigenvalue weighted by Gasteiger charge is 2.27. The minimum Gasteiger partial charge on any atom is -0.237 e. The summed E-state index contributed by atoms with van der Waals surface area (Å²) in [5.41, 5.74) is 2.22. The Morgan fingerprint density at radius 3 is 2.04 bits per heavy atom. The Bertz CT molecular complexity index is 1010. The Morgan fingerprint density at radius 1 is 0.889 bits per heavy atom. The Balaban J connectivity index is 2.04. The van der Waals surface area contributed by atoms with Gasteiger partial charge >= 0.3 is 0 Å². The van der Waals surface area contributed by atoms with Crippen molar-refractivity contribution in [2.75, 3.05) is 0 Å². The first kappa shape index (κ1) is 18.9. The lowest BCUT2D eigenvalue weighted by Gasteiger charge is -2.23. The molecule has 0 aromatic heterocycles. The van der Waals surface area contributed by atoms with Gasteiger partial charge in [-0.25, -0.2) is 12.7 Å². The van der Waals surface area contributed by atoms with Gasteiger partial charge in [-0.2, -0.15) is 4.39 Å². The predicted octanol–water partition coefficient (Wildman–Crippen LogP) is 5.15. The largest absolute Gasteiger partial charge is 0.266 e. The maximum Gasteiger partial charge on any atom is 0.266 e. The zero-order valence-corrected chi connectivity index (χ0v) is 15.7. The molecule has 0 spiro atoms. The van der Waals surface area contributed by atoms with Crippen LogP contribution in [0.3, 0.4) is 0 Å². The monoisotopic (exact) mass is 381 g/mol. The summed E-state index contributed by atoms with van der Waals surface area (Å²) in [6, 6.07) is 24.2. The smallest absolute Gasteiger partial charge is 0.237 e. The first-order valence-corrected chi connectivity index (χ1v) is 9.96. The fourth-order valence-electron chi connectivity index (χ4n) is 2.62. The van der Waals surface area contributed by atoms with Crippen molar-refractivity contribution in [2.45, 2.75) is 18.4 Å². The minimum absolute atomic E-state index is 0.0562. The van der Waals surface area contributed by atoms with Crippen molar-refractivity contribution in [3.63, 3.8) is 0 Å². The third-order valence-corrected chi connectivity index (χ3v) is 5.85. The molecule has 3 nitrogen and oxygen atoms in total. The van der Waals surface area contributed by atoms with Gasteiger partial charge in [0.1, 0.15) is 0 Å². The van der Waals surface area contributed by atoms with E-state index in [1.165, 1.54) is 18.2 Å². The van der Waals surface area contributed by atoms with Crippen LogP contribution in [0.5, 0.6) is 0 Å². The average molecular weight is 381 g/mol. The molecule has 0 saturated heterocycles. The Morgan fingerprint density at radius 2 is 1.44 bits per heavy atom. The van der Waals surface area contributed by atoms with E-state index in [4.69, 9.17) is 0 Å². The third kappa shape index (κ3) is 4.63. The fraction of sp³-hybridized carbons (Fsp3) is 0.0909. The van der Waals surface area contributed by atoms with Gasteiger partial charge in [0.05, 0.1) is 11.4 Å². The Kier molecular flexibility index (Phi) is 5.72. The lowest BCUT2D eigenvalue weighted by atomic mass is 10.2. The van der Waals surface area contributed by atoms with E-state index in [1.54, 1.807) is 60.7 Å². The second-order valence-corrected chi connectivity index (χ2v) is 8.05. The summed E-state index contributed by atoms with van der Waals surface area (Å²) in [6.07, 6.45) is 1.23. The molecule has 0 N–H and O–H groups in total. The number of benzene rings is 3. The molecule has 0 fully saturated rings. The molecule has 0 aliphatic rings. The molecule has 0 unspecified atom stereocenters. The summed E-state index contributed by atoms with van der Waals surface area (Å²) < 4.78 is 42.2. The van der Waals surface area contributed by atoms with Crippen LogP contribution < -0.4 is 0 Å². The molecule has 5 heteroatoms. The van der Waals surface area contributed by atoms with Crippen molar-refractivity contribution in [2.24, 2.45) is 0 Å². The lowest BCUT2D eigenvalue weighted by molar-refractivity contribution is 0.384. The summed E-state index contributed by atoms with van der Waals surface area (Å²) in [4.78, 5) is 0.0562. The molecule has 0 bridgehead atoms. The first-order chi connectivity index (χ1) is 13.0. The SMILES string of the molecule is Cc1ccc(S(=O)(=O)N(Cc2ccccc2)/C(F)=C\c2ccccc2)cc1. The molecule has 0 aliphatic heterocycles. The van der Waals surface area contributed by atoms with Gasteiger partial charge in [0.25, 0.3) is 10.0 Å². The van der Waals surface area contributed by atoms with Gasteiger partial charge in [-0.3, -0.25) is 0 Å². The molecule has 0 atom stereocenters. The number of sulfonamides is 1. The van der Waals surface area contributed by atoms with E-state index in [0.717, 1.165) is 9.87 Å². The molecular formula is C22H20FNO2S. The Labute approximate surface area is 159 Å². The average Bonchev–Trinajstić information content (AvgIpc) is 2.68. The molecule has 27 heavy (non-hydrogen) atoms. The zero-order valence-electron chi connectivity index (χ0n) is 14.9. The van der Waals surface area contributed by atoms with Crippen LogP contribution in [0.4, 0.5) is 4.39 Å². The molecule has 3 rings (SSSR count). The number of hydrogen-bond donors (Lipinski definition) is 0. The molecule has 0 amide bonds. The maximum atomic E-state index is 15.1. The van der Waals surface area contributed by atoms with Crippen molar-refractivity contribution >= 4 is 16.1 Å². The van der Waals surface area contributed by atoms with Crippen LogP contribution in [0.25, 0.3) is 6.08 Å². The van der Waals surface area contributed by atoms with Crippen LogP contribution in [0, 0.1) is 6.92 Å². The highest BCUT2D eigenvalue weighted by atomic mass is 32.2. The van der Waals surface area contributed by atoms with Gasteiger partial charge in [0.2, 0.25) is 5.95 Å². The highest BCUT2D eigenvalue weighted by Crippen LogP contribution is 2.25. The molecule has 0 aliphatic carbocycles. The second-order valence-electron chi connectivity index (χ2n) is 6.19. The first-order valence-electron chi connectivity index (χ1n) is 8.52. The number of rotatable bonds is 6. The minimum atomic E-state index is -4.05. The van der Waals surface area contributed by atoms with Crippen LogP contribution in [-0.4, -0.2) is 12.7 Å². The molecule has 0 heterocycles. The third-order valence-electron chi connectivity index (χ3n) is 4.10. The van der Waals surface area contributed by atoms with Gasteiger partial charge in [0, 0.05) is 0 Å². The van der Waals surface area contributed by atoms with Crippen LogP contribution >= 0.6 is 0 Å². The van der Waals surface area contributed by atoms with Crippen LogP contribution in [-0.2, 0) is 16.6 Å². The number of halogens is 1. The topological polar surface area (TPSA) is 37.4 Å². The second kappa shape index (κ2) is 8.18. The molecule has 3 aromatic rings. The van der Waals surface area contributed by atoms with E-state index >= 15 is 4.39 Å². The normalized spacial score (nSPS) is 12.0. The maximum absolute atomic E-state index is 15.1. The number of hydrogen-bond acceptors (Lipinski definition) is 2. The molecule has 3 aromatic carbocycles. The van der Waals surface area contributed by atoms with Gasteiger partial charge in [-0.15, -0.1) is 0 Å². The lowest BCUT2D eigenvalue weighted by Crippen LogP contribution is -2.28. The summed E-state index contributed by atoms with van der Waals surface area (Å²) in [5.74, 6) is -0.828. The van der Waals surface area contributed by atoms with E-state index in [0.29, 0.717) is 11.1 Å². The van der Waals surface area contributed by atoms with Gasteiger partial charge in [0.15, 0.2) is 0 Å². The van der Waals surface area contributed by atoms with Crippen LogP contribution in [0.15, 0.2) is 95.8 Å². The van der Waals surface area contributed by atoms with E-state index in [-0.39, 0.29) is 11.4 Å². The molecule has 138 valence electrons. The molecule has 0 saturated carbocycles. The highest BCUT2D eigenvalue weighted by molar-refractivity contribution is 7.89. The zero-order chi connectivity index (χ0) is 19.3. The van der Waals surface area contributed by atoms with Crippen molar-refractivity contribution in [1.29, 1.82) is 0 Å². The van der Waals surface area contributed by atoms with Crippen LogP contribution in [0.2, 0.25) is 0 Å². The summed E-state index contributed by atoms with van der Waals surface area (Å²) in [6.45, 7) is 1.78. The van der Waals surface area contributed by atoms with Crippen molar-refractivity contribution in [3.8, 4) is 0 Å². The fourth-order valence-corrected chi connectivity index (χ4v) is 3.96. The van der Waals surface area contributed by atoms with Gasteiger partial charge < -0.3 is 0 Å². The molecular weight excluding hydrogens is 361 g/mol. The predicted molar refractivity (Wildman–Crippen MR) is 106 cm³/mol. The van der Waals surface area contributed by atoms with Crippen LogP contribution in [0.1, 0.15) is 16.7 Å². The molecule has 0 radical (unpaired) electrons. The van der Waals surface area contributed by atoms with E-state index in [9.17, 15) is 8.42 Å². The number of aryl methyl sites for hydroxylation is 1. The van der Waals surface area contributed by atoms with Crippen molar-refractivity contribution in [1.82, 2.24) is 4.31 Å². The summed E-state index contributed by atoms with van der Waals surface area (Å²) >= 11 is 0. The van der Waals surface area contributed by atoms with Crippen molar-refractivity contribution < 1.29 is 12.8 Å². The van der Waals surface area contributed by atoms with E-state index < -0.39 is 16.0 Å². The Hall–Kier alpha value is -2.92. The quantitative estimate of drug-likeness (QED) is 0.554. The van der Waals surface area contributed by atoms with Gasteiger partial charge in [-0.05, 0) is 36.3 Å². The van der Waals surface area contributed by atoms with Gasteiger partial charge in [-0.1, -0.05) is 78.4 Å². The standard InChI is InChI=1S/C22H20FNO2S/c1-18-12-14-21(15-13-18)27(25,26)24(17-20-10-6-3-7-11-20)22(23)16-19-8-4-2-5-9-19/h2-16H,17H2,1H3/b22-16-.